The number of ether oxygens (including phenoxy) is 2. The predicted molar refractivity (Wildman–Crippen MR) is 74.8 cm³/mol. The van der Waals surface area contributed by atoms with E-state index in [1.807, 2.05) is 6.92 Å². The average molecular weight is 284 g/mol. The van der Waals surface area contributed by atoms with Crippen molar-refractivity contribution < 1.29 is 14.3 Å². The number of aromatic nitrogens is 1. The maximum atomic E-state index is 11.9. The molecule has 0 amide bonds. The minimum Gasteiger partial charge on any atom is -0.462 e. The summed E-state index contributed by atoms with van der Waals surface area (Å²) in [6.45, 7) is 6.49. The van der Waals surface area contributed by atoms with Gasteiger partial charge in [0.1, 0.15) is 10.6 Å². The fraction of sp³-hybridized carbons (Fsp3) is 0.692. The van der Waals surface area contributed by atoms with Gasteiger partial charge >= 0.3 is 5.97 Å². The van der Waals surface area contributed by atoms with Crippen LogP contribution in [0, 0.1) is 12.8 Å². The van der Waals surface area contributed by atoms with Gasteiger partial charge in [0.25, 0.3) is 0 Å². The molecule has 0 aliphatic carbocycles. The van der Waals surface area contributed by atoms with Gasteiger partial charge in [-0.25, -0.2) is 4.79 Å². The molecule has 1 N–H and O–H groups in total. The van der Waals surface area contributed by atoms with Crippen molar-refractivity contribution in [1.29, 1.82) is 0 Å². The molecular weight excluding hydrogens is 264 g/mol. The van der Waals surface area contributed by atoms with Crippen LogP contribution in [0.25, 0.3) is 0 Å². The molecule has 0 bridgehead atoms. The molecule has 6 heteroatoms. The number of esters is 1. The second-order valence-corrected chi connectivity index (χ2v) is 5.43. The zero-order chi connectivity index (χ0) is 13.7. The van der Waals surface area contributed by atoms with Crippen molar-refractivity contribution in [2.24, 2.45) is 5.92 Å². The summed E-state index contributed by atoms with van der Waals surface area (Å²) >= 11 is 1.32. The minimum absolute atomic E-state index is 0.295. The molecule has 0 aromatic carbocycles. The third kappa shape index (κ3) is 3.67. The summed E-state index contributed by atoms with van der Waals surface area (Å²) in [6.07, 6.45) is 2.28. The van der Waals surface area contributed by atoms with Crippen LogP contribution >= 0.6 is 11.5 Å². The van der Waals surface area contributed by atoms with Gasteiger partial charge < -0.3 is 14.8 Å². The smallest absolute Gasteiger partial charge is 0.343 e. The summed E-state index contributed by atoms with van der Waals surface area (Å²) in [5.41, 5.74) is 1.30. The van der Waals surface area contributed by atoms with Crippen LogP contribution in [0.2, 0.25) is 0 Å². The normalized spacial score (nSPS) is 19.2. The van der Waals surface area contributed by atoms with Gasteiger partial charge in [-0.05, 0) is 44.1 Å². The number of aryl methyl sites for hydroxylation is 1. The van der Waals surface area contributed by atoms with E-state index >= 15 is 0 Å². The lowest BCUT2D eigenvalue weighted by molar-refractivity contribution is 0.0526. The van der Waals surface area contributed by atoms with Crippen LogP contribution in [0.5, 0.6) is 0 Å². The number of carbonyl (C=O) groups is 1. The lowest BCUT2D eigenvalue weighted by Crippen LogP contribution is -2.24. The van der Waals surface area contributed by atoms with Gasteiger partial charge in [0.2, 0.25) is 0 Å². The second kappa shape index (κ2) is 6.86. The number of nitrogens with zero attached hydrogens (tertiary/aromatic N) is 1. The molecule has 1 aromatic rings. The molecule has 2 heterocycles. The Kier molecular flexibility index (Phi) is 5.15. The highest BCUT2D eigenvalue weighted by atomic mass is 32.1. The number of carbonyl (C=O) groups excluding carboxylic acids is 1. The maximum Gasteiger partial charge on any atom is 0.343 e. The predicted octanol–water partition coefficient (Wildman–Crippen LogP) is 2.47. The molecule has 5 nitrogen and oxygen atoms in total. The van der Waals surface area contributed by atoms with Crippen molar-refractivity contribution in [1.82, 2.24) is 4.37 Å². The largest absolute Gasteiger partial charge is 0.462 e. The van der Waals surface area contributed by atoms with Crippen molar-refractivity contribution in [2.45, 2.75) is 26.7 Å². The number of rotatable bonds is 5. The third-order valence-electron chi connectivity index (χ3n) is 3.15. The van der Waals surface area contributed by atoms with Crippen LogP contribution in [0.1, 0.15) is 35.8 Å². The van der Waals surface area contributed by atoms with E-state index < -0.39 is 0 Å². The van der Waals surface area contributed by atoms with Crippen LogP contribution in [0.15, 0.2) is 0 Å². The van der Waals surface area contributed by atoms with E-state index in [1.54, 1.807) is 6.92 Å². The summed E-state index contributed by atoms with van der Waals surface area (Å²) in [7, 11) is 0. The van der Waals surface area contributed by atoms with E-state index in [1.165, 1.54) is 18.0 Å². The van der Waals surface area contributed by atoms with Crippen LogP contribution in [-0.2, 0) is 9.47 Å². The Hall–Kier alpha value is -1.14. The Morgan fingerprint density at radius 1 is 1.63 bits per heavy atom. The molecule has 1 aliphatic rings. The Bertz CT molecular complexity index is 428. The fourth-order valence-corrected chi connectivity index (χ4v) is 2.93. The molecule has 0 spiro atoms. The van der Waals surface area contributed by atoms with Gasteiger partial charge in [-0.2, -0.15) is 4.37 Å². The standard InChI is InChI=1S/C13H20N2O3S/c1-3-18-13(16)11-9(2)15-19-12(11)14-7-10-5-4-6-17-8-10/h10,14H,3-8H2,1-2H3. The maximum absolute atomic E-state index is 11.9. The molecule has 1 aromatic heterocycles. The molecule has 1 aliphatic heterocycles. The first-order valence-corrected chi connectivity index (χ1v) is 7.44. The lowest BCUT2D eigenvalue weighted by atomic mass is 10.0. The number of hydrogen-bond acceptors (Lipinski definition) is 6. The van der Waals surface area contributed by atoms with Crippen molar-refractivity contribution >= 4 is 22.5 Å². The van der Waals surface area contributed by atoms with E-state index in [-0.39, 0.29) is 5.97 Å². The van der Waals surface area contributed by atoms with E-state index in [9.17, 15) is 4.79 Å². The first-order chi connectivity index (χ1) is 9.22. The number of anilines is 1. The Morgan fingerprint density at radius 3 is 3.16 bits per heavy atom. The van der Waals surface area contributed by atoms with E-state index in [0.717, 1.165) is 36.9 Å². The van der Waals surface area contributed by atoms with Crippen molar-refractivity contribution in [2.75, 3.05) is 31.7 Å². The Morgan fingerprint density at radius 2 is 2.47 bits per heavy atom. The molecule has 19 heavy (non-hydrogen) atoms. The van der Waals surface area contributed by atoms with Crippen LogP contribution in [-0.4, -0.2) is 36.7 Å². The minimum atomic E-state index is -0.295. The van der Waals surface area contributed by atoms with Gasteiger partial charge in [-0.15, -0.1) is 0 Å². The topological polar surface area (TPSA) is 60.5 Å². The summed E-state index contributed by atoms with van der Waals surface area (Å²) < 4.78 is 14.7. The van der Waals surface area contributed by atoms with Crippen molar-refractivity contribution in [3.05, 3.63) is 11.3 Å². The van der Waals surface area contributed by atoms with Gasteiger partial charge in [0.15, 0.2) is 0 Å². The van der Waals surface area contributed by atoms with Gasteiger partial charge in [-0.1, -0.05) is 0 Å². The van der Waals surface area contributed by atoms with Crippen LogP contribution in [0.4, 0.5) is 5.00 Å². The summed E-state index contributed by atoms with van der Waals surface area (Å²) in [6, 6.07) is 0. The monoisotopic (exact) mass is 284 g/mol. The lowest BCUT2D eigenvalue weighted by Gasteiger charge is -2.22. The number of hydrogen-bond donors (Lipinski definition) is 1. The quantitative estimate of drug-likeness (QED) is 0.842. The van der Waals surface area contributed by atoms with Gasteiger partial charge in [-0.3, -0.25) is 0 Å². The van der Waals surface area contributed by atoms with Crippen LogP contribution in [0.3, 0.4) is 0 Å². The van der Waals surface area contributed by atoms with E-state index in [0.29, 0.717) is 18.1 Å². The molecule has 1 unspecified atom stereocenters. The third-order valence-corrected chi connectivity index (χ3v) is 4.04. The summed E-state index contributed by atoms with van der Waals surface area (Å²) in [5, 5.41) is 4.13. The molecule has 0 saturated carbocycles. The Labute approximate surface area is 117 Å². The first-order valence-electron chi connectivity index (χ1n) is 6.67. The van der Waals surface area contributed by atoms with E-state index in [4.69, 9.17) is 9.47 Å². The molecule has 106 valence electrons. The average Bonchev–Trinajstić information content (AvgIpc) is 2.79. The summed E-state index contributed by atoms with van der Waals surface area (Å²) in [4.78, 5) is 11.9. The summed E-state index contributed by atoms with van der Waals surface area (Å²) in [5.74, 6) is 0.211. The highest BCUT2D eigenvalue weighted by molar-refractivity contribution is 7.10. The van der Waals surface area contributed by atoms with Gasteiger partial charge in [0, 0.05) is 13.2 Å². The highest BCUT2D eigenvalue weighted by Crippen LogP contribution is 2.26. The molecular formula is C13H20N2O3S. The molecule has 0 radical (unpaired) electrons. The molecule has 1 fully saturated rings. The van der Waals surface area contributed by atoms with Gasteiger partial charge in [0.05, 0.1) is 18.9 Å². The second-order valence-electron chi connectivity index (χ2n) is 4.66. The van der Waals surface area contributed by atoms with E-state index in [2.05, 4.69) is 9.69 Å². The zero-order valence-corrected chi connectivity index (χ0v) is 12.2. The zero-order valence-electron chi connectivity index (χ0n) is 11.4. The van der Waals surface area contributed by atoms with Crippen molar-refractivity contribution in [3.8, 4) is 0 Å². The SMILES string of the molecule is CCOC(=O)c1c(C)nsc1NCC1CCCOC1. The van der Waals surface area contributed by atoms with Crippen molar-refractivity contribution in [3.63, 3.8) is 0 Å². The molecule has 1 atom stereocenters. The highest BCUT2D eigenvalue weighted by Gasteiger charge is 2.21. The number of nitrogens with one attached hydrogen (secondary N) is 1. The first kappa shape index (κ1) is 14.3. The van der Waals surface area contributed by atoms with Crippen LogP contribution < -0.4 is 5.32 Å². The Balaban J connectivity index is 1.97. The molecule has 1 saturated heterocycles. The molecule has 2 rings (SSSR count). The fourth-order valence-electron chi connectivity index (χ4n) is 2.14.